The first-order chi connectivity index (χ1) is 11.5. The maximum Gasteiger partial charge on any atom is 0.326 e. The summed E-state index contributed by atoms with van der Waals surface area (Å²) in [4.78, 5) is 27.0. The minimum absolute atomic E-state index is 0.219. The maximum absolute atomic E-state index is 12.3. The number of carboxylic acids is 1. The highest BCUT2D eigenvalue weighted by molar-refractivity contribution is 5.97. The molecular formula is C19H18N2O3. The zero-order valence-corrected chi connectivity index (χ0v) is 13.2. The van der Waals surface area contributed by atoms with Crippen molar-refractivity contribution in [1.29, 1.82) is 0 Å². The van der Waals surface area contributed by atoms with E-state index in [1.807, 2.05) is 37.3 Å². The molecule has 0 aliphatic carbocycles. The third-order valence-corrected chi connectivity index (χ3v) is 3.98. The fourth-order valence-corrected chi connectivity index (χ4v) is 2.75. The van der Waals surface area contributed by atoms with Gasteiger partial charge in [-0.15, -0.1) is 0 Å². The van der Waals surface area contributed by atoms with Crippen LogP contribution in [0.5, 0.6) is 0 Å². The number of aromatic amines is 1. The molecule has 0 bridgehead atoms. The molecule has 1 atom stereocenters. The Morgan fingerprint density at radius 3 is 2.71 bits per heavy atom. The number of para-hydroxylation sites is 1. The summed E-state index contributed by atoms with van der Waals surface area (Å²) in [6.07, 6.45) is 2.01. The summed E-state index contributed by atoms with van der Waals surface area (Å²) in [7, 11) is 0. The van der Waals surface area contributed by atoms with Crippen LogP contribution in [0.1, 0.15) is 21.5 Å². The van der Waals surface area contributed by atoms with Gasteiger partial charge in [-0.05, 0) is 30.7 Å². The van der Waals surface area contributed by atoms with Gasteiger partial charge in [-0.25, -0.2) is 4.79 Å². The first-order valence-corrected chi connectivity index (χ1v) is 7.70. The summed E-state index contributed by atoms with van der Waals surface area (Å²) in [5, 5.41) is 13.0. The van der Waals surface area contributed by atoms with Crippen LogP contribution < -0.4 is 5.32 Å². The van der Waals surface area contributed by atoms with Crippen LogP contribution in [0.3, 0.4) is 0 Å². The Bertz CT molecular complexity index is 898. The van der Waals surface area contributed by atoms with Crippen LogP contribution in [-0.2, 0) is 11.2 Å². The highest BCUT2D eigenvalue weighted by atomic mass is 16.4. The number of H-pyrrole nitrogens is 1. The van der Waals surface area contributed by atoms with E-state index in [0.29, 0.717) is 5.56 Å². The SMILES string of the molecule is Cc1cccc(C(=O)N[C@@H](Cc2c[nH]c3ccccc23)C(=O)O)c1. The number of aliphatic carboxylic acids is 1. The topological polar surface area (TPSA) is 82.2 Å². The number of benzene rings is 2. The summed E-state index contributed by atoms with van der Waals surface area (Å²) < 4.78 is 0. The molecular weight excluding hydrogens is 304 g/mol. The van der Waals surface area contributed by atoms with Crippen LogP contribution in [0.2, 0.25) is 0 Å². The molecule has 3 aromatic rings. The van der Waals surface area contributed by atoms with Crippen molar-refractivity contribution in [3.05, 3.63) is 71.4 Å². The Balaban J connectivity index is 1.80. The highest BCUT2D eigenvalue weighted by Crippen LogP contribution is 2.19. The third-order valence-electron chi connectivity index (χ3n) is 3.98. The molecule has 0 saturated heterocycles. The van der Waals surface area contributed by atoms with Gasteiger partial charge < -0.3 is 15.4 Å². The van der Waals surface area contributed by atoms with Gasteiger partial charge in [-0.2, -0.15) is 0 Å². The molecule has 5 heteroatoms. The molecule has 3 rings (SSSR count). The normalized spacial score (nSPS) is 12.0. The van der Waals surface area contributed by atoms with Crippen molar-refractivity contribution in [3.63, 3.8) is 0 Å². The number of fused-ring (bicyclic) bond motifs is 1. The quantitative estimate of drug-likeness (QED) is 0.675. The minimum atomic E-state index is -1.05. The van der Waals surface area contributed by atoms with Crippen molar-refractivity contribution in [3.8, 4) is 0 Å². The van der Waals surface area contributed by atoms with Gasteiger partial charge in [0.15, 0.2) is 0 Å². The van der Waals surface area contributed by atoms with Gasteiger partial charge in [-0.3, -0.25) is 4.79 Å². The van der Waals surface area contributed by atoms with E-state index in [9.17, 15) is 14.7 Å². The second-order valence-corrected chi connectivity index (χ2v) is 5.80. The second-order valence-electron chi connectivity index (χ2n) is 5.80. The average molecular weight is 322 g/mol. The first kappa shape index (κ1) is 15.8. The molecule has 0 fully saturated rings. The predicted octanol–water partition coefficient (Wildman–Crippen LogP) is 2.90. The molecule has 0 radical (unpaired) electrons. The van der Waals surface area contributed by atoms with E-state index in [2.05, 4.69) is 10.3 Å². The van der Waals surface area contributed by atoms with E-state index in [1.165, 1.54) is 0 Å². The molecule has 3 N–H and O–H groups in total. The molecule has 0 unspecified atom stereocenters. The fraction of sp³-hybridized carbons (Fsp3) is 0.158. The Morgan fingerprint density at radius 2 is 1.96 bits per heavy atom. The smallest absolute Gasteiger partial charge is 0.326 e. The Kier molecular flexibility index (Phi) is 4.33. The Morgan fingerprint density at radius 1 is 1.17 bits per heavy atom. The lowest BCUT2D eigenvalue weighted by Gasteiger charge is -2.14. The van der Waals surface area contributed by atoms with Gasteiger partial charge in [0, 0.05) is 29.1 Å². The number of hydrogen-bond acceptors (Lipinski definition) is 2. The molecule has 24 heavy (non-hydrogen) atoms. The largest absolute Gasteiger partial charge is 0.480 e. The predicted molar refractivity (Wildman–Crippen MR) is 92.1 cm³/mol. The standard InChI is InChI=1S/C19H18N2O3/c1-12-5-4-6-13(9-12)18(22)21-17(19(23)24)10-14-11-20-16-8-3-2-7-15(14)16/h2-9,11,17,20H,10H2,1H3,(H,21,22)(H,23,24)/t17-/m0/s1. The maximum atomic E-state index is 12.3. The zero-order valence-electron chi connectivity index (χ0n) is 13.2. The number of rotatable bonds is 5. The van der Waals surface area contributed by atoms with Gasteiger partial charge in [0.2, 0.25) is 0 Å². The number of carbonyl (C=O) groups is 2. The Hall–Kier alpha value is -3.08. The van der Waals surface area contributed by atoms with E-state index < -0.39 is 12.0 Å². The van der Waals surface area contributed by atoms with Gasteiger partial charge >= 0.3 is 5.97 Å². The third kappa shape index (κ3) is 3.30. The van der Waals surface area contributed by atoms with Crippen LogP contribution in [0.15, 0.2) is 54.7 Å². The molecule has 1 heterocycles. The highest BCUT2D eigenvalue weighted by Gasteiger charge is 2.22. The van der Waals surface area contributed by atoms with E-state index in [0.717, 1.165) is 22.0 Å². The molecule has 1 aromatic heterocycles. The monoisotopic (exact) mass is 322 g/mol. The van der Waals surface area contributed by atoms with Crippen LogP contribution >= 0.6 is 0 Å². The molecule has 5 nitrogen and oxygen atoms in total. The zero-order chi connectivity index (χ0) is 17.1. The number of aromatic nitrogens is 1. The van der Waals surface area contributed by atoms with Gasteiger partial charge in [0.05, 0.1) is 0 Å². The van der Waals surface area contributed by atoms with Gasteiger partial charge in [0.25, 0.3) is 5.91 Å². The van der Waals surface area contributed by atoms with Crippen molar-refractivity contribution in [2.75, 3.05) is 0 Å². The number of hydrogen-bond donors (Lipinski definition) is 3. The molecule has 2 aromatic carbocycles. The summed E-state index contributed by atoms with van der Waals surface area (Å²) in [5.74, 6) is -1.44. The number of amides is 1. The lowest BCUT2D eigenvalue weighted by Crippen LogP contribution is -2.42. The van der Waals surface area contributed by atoms with Crippen molar-refractivity contribution >= 4 is 22.8 Å². The summed E-state index contributed by atoms with van der Waals surface area (Å²) >= 11 is 0. The van der Waals surface area contributed by atoms with Crippen LogP contribution in [0, 0.1) is 6.92 Å². The summed E-state index contributed by atoms with van der Waals surface area (Å²) in [6, 6.07) is 13.8. The first-order valence-electron chi connectivity index (χ1n) is 7.70. The molecule has 0 aliphatic heterocycles. The second kappa shape index (κ2) is 6.58. The van der Waals surface area contributed by atoms with Crippen molar-refractivity contribution in [2.45, 2.75) is 19.4 Å². The van der Waals surface area contributed by atoms with Crippen LogP contribution in [0.25, 0.3) is 10.9 Å². The number of nitrogens with one attached hydrogen (secondary N) is 2. The molecule has 0 spiro atoms. The van der Waals surface area contributed by atoms with Gasteiger partial charge in [-0.1, -0.05) is 35.9 Å². The van der Waals surface area contributed by atoms with E-state index in [4.69, 9.17) is 0 Å². The number of carboxylic acid groups (broad SMARTS) is 1. The molecule has 1 amide bonds. The number of aryl methyl sites for hydroxylation is 1. The van der Waals surface area contributed by atoms with Crippen molar-refractivity contribution in [1.82, 2.24) is 10.3 Å². The lowest BCUT2D eigenvalue weighted by molar-refractivity contribution is -0.139. The molecule has 0 aliphatic rings. The summed E-state index contributed by atoms with van der Waals surface area (Å²) in [6.45, 7) is 1.89. The minimum Gasteiger partial charge on any atom is -0.480 e. The fourth-order valence-electron chi connectivity index (χ4n) is 2.75. The van der Waals surface area contributed by atoms with Crippen LogP contribution in [-0.4, -0.2) is 28.0 Å². The van der Waals surface area contributed by atoms with E-state index in [1.54, 1.807) is 24.4 Å². The molecule has 122 valence electrons. The molecule has 0 saturated carbocycles. The van der Waals surface area contributed by atoms with E-state index >= 15 is 0 Å². The average Bonchev–Trinajstić information content (AvgIpc) is 2.97. The van der Waals surface area contributed by atoms with Crippen molar-refractivity contribution < 1.29 is 14.7 Å². The van der Waals surface area contributed by atoms with Crippen LogP contribution in [0.4, 0.5) is 0 Å². The summed E-state index contributed by atoms with van der Waals surface area (Å²) in [5.41, 5.74) is 3.22. The van der Waals surface area contributed by atoms with Gasteiger partial charge in [0.1, 0.15) is 6.04 Å². The lowest BCUT2D eigenvalue weighted by atomic mass is 10.0. The van der Waals surface area contributed by atoms with E-state index in [-0.39, 0.29) is 12.3 Å². The number of carbonyl (C=O) groups excluding carboxylic acids is 1. The Labute approximate surface area is 139 Å². The van der Waals surface area contributed by atoms with Crippen molar-refractivity contribution in [2.24, 2.45) is 0 Å².